The van der Waals surface area contributed by atoms with E-state index in [2.05, 4.69) is 27.4 Å². The van der Waals surface area contributed by atoms with E-state index in [0.717, 1.165) is 31.0 Å². The van der Waals surface area contributed by atoms with Crippen molar-refractivity contribution in [3.63, 3.8) is 0 Å². The lowest BCUT2D eigenvalue weighted by Gasteiger charge is -2.30. The van der Waals surface area contributed by atoms with Gasteiger partial charge in [-0.1, -0.05) is 35.5 Å². The van der Waals surface area contributed by atoms with Gasteiger partial charge in [0.25, 0.3) is 5.89 Å². The van der Waals surface area contributed by atoms with E-state index in [1.807, 2.05) is 37.3 Å². The van der Waals surface area contributed by atoms with Crippen molar-refractivity contribution in [1.82, 2.24) is 20.4 Å². The van der Waals surface area contributed by atoms with Gasteiger partial charge in [0, 0.05) is 19.6 Å². The van der Waals surface area contributed by atoms with Gasteiger partial charge in [-0.05, 0) is 19.5 Å². The van der Waals surface area contributed by atoms with Crippen molar-refractivity contribution in [2.45, 2.75) is 25.7 Å². The summed E-state index contributed by atoms with van der Waals surface area (Å²) in [6.45, 7) is 5.28. The molecule has 118 valence electrons. The van der Waals surface area contributed by atoms with Crippen LogP contribution in [0.4, 0.5) is 0 Å². The lowest BCUT2D eigenvalue weighted by Crippen LogP contribution is -2.44. The Labute approximate surface area is 130 Å². The summed E-state index contributed by atoms with van der Waals surface area (Å²) in [6.07, 6.45) is -0.219. The van der Waals surface area contributed by atoms with Gasteiger partial charge in [-0.2, -0.15) is 4.98 Å². The van der Waals surface area contributed by atoms with Gasteiger partial charge in [0.05, 0.1) is 12.6 Å². The summed E-state index contributed by atoms with van der Waals surface area (Å²) >= 11 is 0. The van der Waals surface area contributed by atoms with Crippen LogP contribution in [-0.2, 0) is 11.3 Å². The first-order valence-corrected chi connectivity index (χ1v) is 7.64. The van der Waals surface area contributed by atoms with E-state index < -0.39 is 0 Å². The Bertz CT molecular complexity index is 587. The van der Waals surface area contributed by atoms with Crippen molar-refractivity contribution in [2.75, 3.05) is 26.7 Å². The van der Waals surface area contributed by atoms with E-state index >= 15 is 0 Å². The van der Waals surface area contributed by atoms with Crippen molar-refractivity contribution in [3.8, 4) is 0 Å². The second-order valence-electron chi connectivity index (χ2n) is 5.63. The van der Waals surface area contributed by atoms with E-state index in [1.165, 1.54) is 0 Å². The third-order valence-corrected chi connectivity index (χ3v) is 3.96. The monoisotopic (exact) mass is 302 g/mol. The summed E-state index contributed by atoms with van der Waals surface area (Å²) < 4.78 is 11.2. The van der Waals surface area contributed by atoms with Gasteiger partial charge >= 0.3 is 0 Å². The third kappa shape index (κ3) is 3.52. The molecule has 1 fully saturated rings. The zero-order valence-corrected chi connectivity index (χ0v) is 13.0. The molecule has 0 amide bonds. The number of benzene rings is 1. The van der Waals surface area contributed by atoms with Crippen LogP contribution in [0.5, 0.6) is 0 Å². The second-order valence-corrected chi connectivity index (χ2v) is 5.63. The zero-order valence-electron chi connectivity index (χ0n) is 13.0. The molecule has 0 aliphatic carbocycles. The van der Waals surface area contributed by atoms with Gasteiger partial charge in [-0.15, -0.1) is 0 Å². The molecule has 1 aliphatic heterocycles. The summed E-state index contributed by atoms with van der Waals surface area (Å²) in [5.41, 5.74) is 1.13. The molecular weight excluding hydrogens is 280 g/mol. The number of likely N-dealkylation sites (N-methyl/N-ethyl adjacent to an activating group) is 1. The molecule has 2 aromatic rings. The molecule has 0 bridgehead atoms. The van der Waals surface area contributed by atoms with Gasteiger partial charge in [-0.3, -0.25) is 4.90 Å². The lowest BCUT2D eigenvalue weighted by molar-refractivity contribution is 0.0307. The molecule has 6 nitrogen and oxygen atoms in total. The minimum Gasteiger partial charge on any atom is -0.364 e. The van der Waals surface area contributed by atoms with Gasteiger partial charge < -0.3 is 14.6 Å². The molecule has 2 atom stereocenters. The number of piperazine rings is 1. The van der Waals surface area contributed by atoms with Crippen LogP contribution in [0.25, 0.3) is 0 Å². The molecule has 0 saturated carbocycles. The van der Waals surface area contributed by atoms with Crippen LogP contribution in [0, 0.1) is 0 Å². The van der Waals surface area contributed by atoms with E-state index in [0.29, 0.717) is 12.5 Å². The highest BCUT2D eigenvalue weighted by atomic mass is 16.5. The molecular formula is C16H22N4O2. The van der Waals surface area contributed by atoms with Gasteiger partial charge in [-0.25, -0.2) is 0 Å². The number of nitrogens with one attached hydrogen (secondary N) is 1. The molecule has 1 aliphatic rings. The number of rotatable bonds is 5. The molecule has 6 heteroatoms. The summed E-state index contributed by atoms with van der Waals surface area (Å²) in [6, 6.07) is 10.2. The van der Waals surface area contributed by atoms with Crippen LogP contribution in [0.1, 0.15) is 36.3 Å². The average Bonchev–Trinajstić information content (AvgIpc) is 3.04. The van der Waals surface area contributed by atoms with Crippen LogP contribution < -0.4 is 5.32 Å². The third-order valence-electron chi connectivity index (χ3n) is 3.96. The Morgan fingerprint density at radius 1 is 1.41 bits per heavy atom. The van der Waals surface area contributed by atoms with Crippen LogP contribution in [0.3, 0.4) is 0 Å². The van der Waals surface area contributed by atoms with Crippen LogP contribution in [0.15, 0.2) is 34.9 Å². The fourth-order valence-corrected chi connectivity index (χ4v) is 2.51. The van der Waals surface area contributed by atoms with E-state index in [9.17, 15) is 0 Å². The van der Waals surface area contributed by atoms with Crippen molar-refractivity contribution in [2.24, 2.45) is 0 Å². The Hall–Kier alpha value is -1.76. The Kier molecular flexibility index (Phi) is 4.82. The first-order chi connectivity index (χ1) is 10.7. The number of hydrogen-bond acceptors (Lipinski definition) is 6. The predicted octanol–water partition coefficient (Wildman–Crippen LogP) is 1.92. The van der Waals surface area contributed by atoms with Crippen LogP contribution in [-0.4, -0.2) is 41.7 Å². The summed E-state index contributed by atoms with van der Waals surface area (Å²) in [4.78, 5) is 6.75. The standard InChI is InChI=1S/C16H22N4O2/c1-12(21-11-13-6-4-3-5-7-13)16-18-15(19-22-16)14-10-17-8-9-20(14)2/h3-7,12,14,17H,8-11H2,1-2H3. The van der Waals surface area contributed by atoms with Crippen molar-refractivity contribution < 1.29 is 9.26 Å². The molecule has 1 aromatic carbocycles. The maximum atomic E-state index is 5.82. The molecule has 0 spiro atoms. The number of hydrogen-bond donors (Lipinski definition) is 1. The molecule has 1 saturated heterocycles. The SMILES string of the molecule is CC(OCc1ccccc1)c1nc(C2CNCCN2C)no1. The number of nitrogens with zero attached hydrogens (tertiary/aromatic N) is 3. The molecule has 3 rings (SSSR count). The highest BCUT2D eigenvalue weighted by Crippen LogP contribution is 2.22. The quantitative estimate of drug-likeness (QED) is 0.910. The van der Waals surface area contributed by atoms with Crippen molar-refractivity contribution in [1.29, 1.82) is 0 Å². The largest absolute Gasteiger partial charge is 0.364 e. The summed E-state index contributed by atoms with van der Waals surface area (Å²) in [5.74, 6) is 1.25. The minimum atomic E-state index is -0.219. The molecule has 0 radical (unpaired) electrons. The van der Waals surface area contributed by atoms with E-state index in [4.69, 9.17) is 9.26 Å². The van der Waals surface area contributed by atoms with Crippen LogP contribution >= 0.6 is 0 Å². The van der Waals surface area contributed by atoms with Crippen molar-refractivity contribution in [3.05, 3.63) is 47.6 Å². The number of ether oxygens (including phenoxy) is 1. The highest BCUT2D eigenvalue weighted by Gasteiger charge is 2.26. The van der Waals surface area contributed by atoms with Gasteiger partial charge in [0.2, 0.25) is 0 Å². The first kappa shape index (κ1) is 15.1. The molecule has 1 N–H and O–H groups in total. The van der Waals surface area contributed by atoms with Crippen LogP contribution in [0.2, 0.25) is 0 Å². The maximum Gasteiger partial charge on any atom is 0.255 e. The second kappa shape index (κ2) is 7.00. The Morgan fingerprint density at radius 3 is 3.00 bits per heavy atom. The topological polar surface area (TPSA) is 63.4 Å². The van der Waals surface area contributed by atoms with Gasteiger partial charge in [0.1, 0.15) is 6.10 Å². The minimum absolute atomic E-state index is 0.160. The Morgan fingerprint density at radius 2 is 2.23 bits per heavy atom. The van der Waals surface area contributed by atoms with Crippen molar-refractivity contribution >= 4 is 0 Å². The predicted molar refractivity (Wildman–Crippen MR) is 82.2 cm³/mol. The molecule has 2 heterocycles. The average molecular weight is 302 g/mol. The molecule has 1 aromatic heterocycles. The summed E-state index contributed by atoms with van der Waals surface area (Å²) in [7, 11) is 2.08. The zero-order chi connectivity index (χ0) is 15.4. The molecule has 22 heavy (non-hydrogen) atoms. The van der Waals surface area contributed by atoms with Gasteiger partial charge in [0.15, 0.2) is 5.82 Å². The van der Waals surface area contributed by atoms with E-state index in [1.54, 1.807) is 0 Å². The first-order valence-electron chi connectivity index (χ1n) is 7.64. The number of aromatic nitrogens is 2. The smallest absolute Gasteiger partial charge is 0.255 e. The normalized spacial score (nSPS) is 20.9. The molecule has 2 unspecified atom stereocenters. The van der Waals surface area contributed by atoms with E-state index in [-0.39, 0.29) is 12.1 Å². The fraction of sp³-hybridized carbons (Fsp3) is 0.500. The lowest BCUT2D eigenvalue weighted by atomic mass is 10.2. The highest BCUT2D eigenvalue weighted by molar-refractivity contribution is 5.13. The maximum absolute atomic E-state index is 5.82. The summed E-state index contributed by atoms with van der Waals surface area (Å²) in [5, 5.41) is 7.47. The fourth-order valence-electron chi connectivity index (χ4n) is 2.51. The Balaban J connectivity index is 1.60.